The summed E-state index contributed by atoms with van der Waals surface area (Å²) in [5, 5.41) is 18.2. The van der Waals surface area contributed by atoms with E-state index in [2.05, 4.69) is 0 Å². The van der Waals surface area contributed by atoms with Crippen LogP contribution >= 0.6 is 11.8 Å². The molecule has 2 aliphatic rings. The van der Waals surface area contributed by atoms with Crippen molar-refractivity contribution in [1.29, 1.82) is 0 Å². The zero-order chi connectivity index (χ0) is 15.9. The molecule has 0 radical (unpaired) electrons. The average Bonchev–Trinajstić information content (AvgIpc) is 2.99. The molecule has 0 bridgehead atoms. The van der Waals surface area contributed by atoms with E-state index >= 15 is 0 Å². The van der Waals surface area contributed by atoms with Gasteiger partial charge in [0.2, 0.25) is 0 Å². The Kier molecular flexibility index (Phi) is 3.53. The molecule has 1 unspecified atom stereocenters. The van der Waals surface area contributed by atoms with Crippen molar-refractivity contribution < 1.29 is 29.3 Å². The van der Waals surface area contributed by atoms with Gasteiger partial charge in [-0.25, -0.2) is 4.79 Å². The summed E-state index contributed by atoms with van der Waals surface area (Å²) in [6.07, 6.45) is 1.72. The Labute approximate surface area is 129 Å². The lowest BCUT2D eigenvalue weighted by Gasteiger charge is -2.16. The quantitative estimate of drug-likeness (QED) is 0.482. The molecule has 2 aliphatic heterocycles. The molecule has 8 heteroatoms. The number of rotatable bonds is 2. The number of esters is 1. The highest BCUT2D eigenvalue weighted by Gasteiger charge is 2.45. The number of aromatic hydroxyl groups is 2. The van der Waals surface area contributed by atoms with Crippen molar-refractivity contribution in [2.75, 3.05) is 6.61 Å². The largest absolute Gasteiger partial charge is 0.504 e. The number of amides is 2. The third kappa shape index (κ3) is 2.41. The number of hydrogen-bond donors (Lipinski definition) is 2. The molecule has 1 atom stereocenters. The number of benzene rings is 1. The van der Waals surface area contributed by atoms with Gasteiger partial charge in [-0.3, -0.25) is 14.5 Å². The molecule has 1 aromatic rings. The van der Waals surface area contributed by atoms with Crippen LogP contribution in [0, 0.1) is 0 Å². The number of hydrogen-bond acceptors (Lipinski definition) is 7. The molecule has 2 fully saturated rings. The average molecular weight is 321 g/mol. The van der Waals surface area contributed by atoms with Crippen molar-refractivity contribution in [2.45, 2.75) is 12.5 Å². The number of carbonyl (C=O) groups is 3. The first-order chi connectivity index (χ1) is 10.5. The second-order valence-electron chi connectivity index (χ2n) is 4.77. The SMILES string of the molecule is O=C1OCCC1N1C(=O)S/C(=C\c2ccc(O)c(O)c2)C1=O. The predicted molar refractivity (Wildman–Crippen MR) is 76.9 cm³/mol. The van der Waals surface area contributed by atoms with Crippen molar-refractivity contribution >= 4 is 35.0 Å². The van der Waals surface area contributed by atoms with Crippen LogP contribution in [0.2, 0.25) is 0 Å². The minimum absolute atomic E-state index is 0.148. The summed E-state index contributed by atoms with van der Waals surface area (Å²) < 4.78 is 4.78. The molecule has 7 nitrogen and oxygen atoms in total. The number of phenolic OH excluding ortho intramolecular Hbond substituents is 2. The predicted octanol–water partition coefficient (Wildman–Crippen LogP) is 1.45. The Balaban J connectivity index is 1.88. The normalized spacial score (nSPS) is 23.5. The zero-order valence-corrected chi connectivity index (χ0v) is 12.0. The minimum atomic E-state index is -0.869. The van der Waals surface area contributed by atoms with Crippen LogP contribution in [0.3, 0.4) is 0 Å². The lowest BCUT2D eigenvalue weighted by molar-refractivity contribution is -0.144. The van der Waals surface area contributed by atoms with E-state index in [0.717, 1.165) is 16.7 Å². The van der Waals surface area contributed by atoms with Gasteiger partial charge in [0.15, 0.2) is 11.5 Å². The van der Waals surface area contributed by atoms with E-state index in [4.69, 9.17) is 4.74 Å². The molecule has 0 spiro atoms. The maximum Gasteiger partial charge on any atom is 0.329 e. The number of carbonyl (C=O) groups excluding carboxylic acids is 3. The van der Waals surface area contributed by atoms with Gasteiger partial charge in [-0.1, -0.05) is 6.07 Å². The van der Waals surface area contributed by atoms with Crippen LogP contribution in [-0.4, -0.2) is 44.9 Å². The molecule has 2 N–H and O–H groups in total. The molecule has 114 valence electrons. The van der Waals surface area contributed by atoms with Crippen molar-refractivity contribution in [3.63, 3.8) is 0 Å². The van der Waals surface area contributed by atoms with Crippen molar-refractivity contribution in [1.82, 2.24) is 4.90 Å². The van der Waals surface area contributed by atoms with E-state index in [9.17, 15) is 24.6 Å². The smallest absolute Gasteiger partial charge is 0.329 e. The van der Waals surface area contributed by atoms with Gasteiger partial charge in [-0.2, -0.15) is 0 Å². The molecular weight excluding hydrogens is 310 g/mol. The van der Waals surface area contributed by atoms with Crippen LogP contribution in [0.25, 0.3) is 6.08 Å². The summed E-state index contributed by atoms with van der Waals surface area (Å²) in [4.78, 5) is 36.9. The van der Waals surface area contributed by atoms with Crippen molar-refractivity contribution in [2.24, 2.45) is 0 Å². The monoisotopic (exact) mass is 321 g/mol. The van der Waals surface area contributed by atoms with Gasteiger partial charge in [0.25, 0.3) is 11.1 Å². The first-order valence-corrected chi connectivity index (χ1v) is 7.24. The highest BCUT2D eigenvalue weighted by molar-refractivity contribution is 8.18. The first-order valence-electron chi connectivity index (χ1n) is 6.43. The molecule has 3 rings (SSSR count). The Hall–Kier alpha value is -2.48. The second kappa shape index (κ2) is 5.38. The van der Waals surface area contributed by atoms with Gasteiger partial charge in [-0.05, 0) is 35.5 Å². The number of phenols is 2. The molecule has 2 saturated heterocycles. The van der Waals surface area contributed by atoms with E-state index in [1.807, 2.05) is 0 Å². The molecule has 2 heterocycles. The summed E-state index contributed by atoms with van der Waals surface area (Å²) in [7, 11) is 0. The highest BCUT2D eigenvalue weighted by Crippen LogP contribution is 2.36. The minimum Gasteiger partial charge on any atom is -0.504 e. The second-order valence-corrected chi connectivity index (χ2v) is 5.77. The summed E-state index contributed by atoms with van der Waals surface area (Å²) in [5.74, 6) is -1.75. The third-order valence-electron chi connectivity index (χ3n) is 3.34. The summed E-state index contributed by atoms with van der Waals surface area (Å²) >= 11 is 0.722. The van der Waals surface area contributed by atoms with Crippen molar-refractivity contribution in [3.05, 3.63) is 28.7 Å². The molecule has 0 aliphatic carbocycles. The van der Waals surface area contributed by atoms with Crippen LogP contribution in [0.1, 0.15) is 12.0 Å². The Morgan fingerprint density at radius 3 is 2.64 bits per heavy atom. The van der Waals surface area contributed by atoms with Gasteiger partial charge in [-0.15, -0.1) is 0 Å². The summed E-state index contributed by atoms with van der Waals surface area (Å²) in [6.45, 7) is 0.191. The topological polar surface area (TPSA) is 104 Å². The van der Waals surface area contributed by atoms with Crippen LogP contribution in [0.15, 0.2) is 23.1 Å². The van der Waals surface area contributed by atoms with Gasteiger partial charge in [0, 0.05) is 6.42 Å². The van der Waals surface area contributed by atoms with E-state index in [-0.39, 0.29) is 23.0 Å². The fourth-order valence-corrected chi connectivity index (χ4v) is 3.13. The number of ether oxygens (including phenoxy) is 1. The Bertz CT molecular complexity index is 713. The van der Waals surface area contributed by atoms with E-state index < -0.39 is 23.2 Å². The van der Waals surface area contributed by atoms with E-state index in [1.165, 1.54) is 24.3 Å². The number of cyclic esters (lactones) is 1. The van der Waals surface area contributed by atoms with Gasteiger partial charge in [0.1, 0.15) is 6.04 Å². The maximum absolute atomic E-state index is 12.3. The van der Waals surface area contributed by atoms with Crippen LogP contribution in [0.5, 0.6) is 11.5 Å². The summed E-state index contributed by atoms with van der Waals surface area (Å²) in [6, 6.07) is 3.17. The van der Waals surface area contributed by atoms with Gasteiger partial charge < -0.3 is 14.9 Å². The van der Waals surface area contributed by atoms with Crippen LogP contribution in [0.4, 0.5) is 4.79 Å². The molecule has 22 heavy (non-hydrogen) atoms. The van der Waals surface area contributed by atoms with Crippen LogP contribution in [-0.2, 0) is 14.3 Å². The van der Waals surface area contributed by atoms with Gasteiger partial charge >= 0.3 is 5.97 Å². The Morgan fingerprint density at radius 2 is 2.00 bits per heavy atom. The third-order valence-corrected chi connectivity index (χ3v) is 4.22. The van der Waals surface area contributed by atoms with E-state index in [1.54, 1.807) is 0 Å². The molecule has 1 aromatic carbocycles. The first kappa shape index (κ1) is 14.5. The van der Waals surface area contributed by atoms with Crippen LogP contribution < -0.4 is 0 Å². The van der Waals surface area contributed by atoms with Gasteiger partial charge in [0.05, 0.1) is 11.5 Å². The van der Waals surface area contributed by atoms with E-state index in [0.29, 0.717) is 12.0 Å². The molecule has 2 amide bonds. The number of thioether (sulfide) groups is 1. The lowest BCUT2D eigenvalue weighted by atomic mass is 10.1. The number of imide groups is 1. The zero-order valence-electron chi connectivity index (χ0n) is 11.2. The lowest BCUT2D eigenvalue weighted by Crippen LogP contribution is -2.41. The maximum atomic E-state index is 12.3. The fourth-order valence-electron chi connectivity index (χ4n) is 2.25. The number of nitrogens with zero attached hydrogens (tertiary/aromatic N) is 1. The molecular formula is C14H11NO6S. The Morgan fingerprint density at radius 1 is 1.23 bits per heavy atom. The highest BCUT2D eigenvalue weighted by atomic mass is 32.2. The standard InChI is InChI=1S/C14H11NO6S/c16-9-2-1-7(5-10(9)17)6-11-12(18)15(14(20)22-11)8-3-4-21-13(8)19/h1-2,5-6,8,16-17H,3-4H2/b11-6-. The molecule has 0 aromatic heterocycles. The molecule has 0 saturated carbocycles. The fraction of sp³-hybridized carbons (Fsp3) is 0.214. The van der Waals surface area contributed by atoms with Crippen molar-refractivity contribution in [3.8, 4) is 11.5 Å². The summed E-state index contributed by atoms with van der Waals surface area (Å²) in [5.41, 5.74) is 0.454.